The molecule has 45 heavy (non-hydrogen) atoms. The molecule has 0 radical (unpaired) electrons. The molecule has 9 rings (SSSR count). The number of rotatable bonds is 4. The number of fused-ring (bicyclic) bond motifs is 5. The first-order valence-corrected chi connectivity index (χ1v) is 15.3. The zero-order chi connectivity index (χ0) is 29.8. The summed E-state index contributed by atoms with van der Waals surface area (Å²) >= 11 is 0. The summed E-state index contributed by atoms with van der Waals surface area (Å²) in [5, 5.41) is 2.27. The van der Waals surface area contributed by atoms with E-state index in [0.717, 1.165) is 66.8 Å². The summed E-state index contributed by atoms with van der Waals surface area (Å²) < 4.78 is 12.8. The summed E-state index contributed by atoms with van der Waals surface area (Å²) in [5.74, 6) is 1.75. The Morgan fingerprint density at radius 3 is 1.71 bits per heavy atom. The third-order valence-corrected chi connectivity index (χ3v) is 9.22. The molecule has 0 atom stereocenters. The van der Waals surface area contributed by atoms with Gasteiger partial charge in [0.25, 0.3) is 0 Å². The molecule has 7 aromatic carbocycles. The number of furan rings is 1. The van der Waals surface area contributed by atoms with E-state index in [2.05, 4.69) is 158 Å². The Kier molecular flexibility index (Phi) is 5.76. The lowest BCUT2D eigenvalue weighted by atomic mass is 9.63. The van der Waals surface area contributed by atoms with Crippen LogP contribution in [0.4, 0.5) is 0 Å². The smallest absolute Gasteiger partial charge is 0.135 e. The van der Waals surface area contributed by atoms with Gasteiger partial charge in [0.1, 0.15) is 22.7 Å². The van der Waals surface area contributed by atoms with E-state index in [1.165, 1.54) is 11.1 Å². The molecule has 0 saturated heterocycles. The van der Waals surface area contributed by atoms with Gasteiger partial charge in [-0.2, -0.15) is 0 Å². The van der Waals surface area contributed by atoms with Crippen LogP contribution in [-0.2, 0) is 5.41 Å². The Hall–Kier alpha value is -5.86. The van der Waals surface area contributed by atoms with Gasteiger partial charge in [0.15, 0.2) is 0 Å². The van der Waals surface area contributed by atoms with Crippen LogP contribution in [0.25, 0.3) is 44.2 Å². The van der Waals surface area contributed by atoms with E-state index >= 15 is 0 Å². The fourth-order valence-electron chi connectivity index (χ4n) is 7.17. The lowest BCUT2D eigenvalue weighted by Crippen LogP contribution is -2.34. The van der Waals surface area contributed by atoms with E-state index in [-0.39, 0.29) is 0 Å². The molecule has 8 aromatic rings. The maximum atomic E-state index is 6.72. The van der Waals surface area contributed by atoms with Crippen molar-refractivity contribution in [1.29, 1.82) is 0 Å². The molecule has 0 unspecified atom stereocenters. The van der Waals surface area contributed by atoms with Gasteiger partial charge in [0.2, 0.25) is 0 Å². The van der Waals surface area contributed by atoms with Crippen molar-refractivity contribution < 1.29 is 9.15 Å². The van der Waals surface area contributed by atoms with Gasteiger partial charge in [-0.15, -0.1) is 0 Å². The van der Waals surface area contributed by atoms with Crippen LogP contribution in [0.5, 0.6) is 11.5 Å². The molecular formula is C43H28O2. The highest BCUT2D eigenvalue weighted by Crippen LogP contribution is 2.55. The fourth-order valence-corrected chi connectivity index (χ4v) is 7.17. The molecule has 0 fully saturated rings. The Morgan fingerprint density at radius 1 is 0.356 bits per heavy atom. The first-order chi connectivity index (χ1) is 22.3. The monoisotopic (exact) mass is 576 g/mol. The highest BCUT2D eigenvalue weighted by Gasteiger charge is 2.45. The standard InChI is InChI=1S/C43H28O2/c1-3-14-33(15-4-1)43(34-16-5-2-6-17-34)37-19-8-10-21-41(37)45-42-28-32(22-24-38(42)43)30-13-11-12-29(26-30)31-23-25-40-36(27-31)35-18-7-9-20-39(35)44-40/h1-28H. The van der Waals surface area contributed by atoms with E-state index in [9.17, 15) is 0 Å². The van der Waals surface area contributed by atoms with E-state index in [1.807, 2.05) is 12.1 Å². The second-order valence-corrected chi connectivity index (χ2v) is 11.7. The summed E-state index contributed by atoms with van der Waals surface area (Å²) in [6, 6.07) is 60.2. The van der Waals surface area contributed by atoms with Crippen molar-refractivity contribution in [3.63, 3.8) is 0 Å². The number of benzene rings is 7. The van der Waals surface area contributed by atoms with Gasteiger partial charge >= 0.3 is 0 Å². The van der Waals surface area contributed by atoms with Crippen LogP contribution in [0.3, 0.4) is 0 Å². The van der Waals surface area contributed by atoms with Gasteiger partial charge in [0, 0.05) is 21.9 Å². The molecule has 2 heterocycles. The average molecular weight is 577 g/mol. The first kappa shape index (κ1) is 25.6. The molecule has 0 spiro atoms. The lowest BCUT2D eigenvalue weighted by molar-refractivity contribution is 0.435. The van der Waals surface area contributed by atoms with Gasteiger partial charge in [-0.05, 0) is 69.8 Å². The zero-order valence-corrected chi connectivity index (χ0v) is 24.5. The zero-order valence-electron chi connectivity index (χ0n) is 24.5. The molecule has 1 aromatic heterocycles. The SMILES string of the molecule is c1ccc(C2(c3ccccc3)c3ccccc3Oc3cc(-c4cccc(-c5ccc6oc7ccccc7c6c5)c4)ccc32)cc1. The summed E-state index contributed by atoms with van der Waals surface area (Å²) in [6.07, 6.45) is 0. The predicted molar refractivity (Wildman–Crippen MR) is 183 cm³/mol. The number of ether oxygens (including phenoxy) is 1. The van der Waals surface area contributed by atoms with Crippen LogP contribution in [0.2, 0.25) is 0 Å². The first-order valence-electron chi connectivity index (χ1n) is 15.3. The van der Waals surface area contributed by atoms with Gasteiger partial charge in [-0.1, -0.05) is 133 Å². The van der Waals surface area contributed by atoms with Gasteiger partial charge in [0.05, 0.1) is 5.41 Å². The number of hydrogen-bond donors (Lipinski definition) is 0. The van der Waals surface area contributed by atoms with E-state index < -0.39 is 5.41 Å². The van der Waals surface area contributed by atoms with Gasteiger partial charge < -0.3 is 9.15 Å². The highest BCUT2D eigenvalue weighted by atomic mass is 16.5. The minimum Gasteiger partial charge on any atom is -0.457 e. The predicted octanol–water partition coefficient (Wildman–Crippen LogP) is 11.4. The van der Waals surface area contributed by atoms with E-state index in [0.29, 0.717) is 0 Å². The van der Waals surface area contributed by atoms with Gasteiger partial charge in [-0.3, -0.25) is 0 Å². The highest BCUT2D eigenvalue weighted by molar-refractivity contribution is 6.06. The van der Waals surface area contributed by atoms with Crippen molar-refractivity contribution in [3.8, 4) is 33.8 Å². The van der Waals surface area contributed by atoms with Crippen LogP contribution in [0.15, 0.2) is 174 Å². The van der Waals surface area contributed by atoms with Crippen LogP contribution in [0, 0.1) is 0 Å². The molecule has 1 aliphatic heterocycles. The van der Waals surface area contributed by atoms with Crippen LogP contribution in [-0.4, -0.2) is 0 Å². The van der Waals surface area contributed by atoms with Crippen molar-refractivity contribution in [1.82, 2.24) is 0 Å². The molecule has 0 amide bonds. The largest absolute Gasteiger partial charge is 0.457 e. The summed E-state index contributed by atoms with van der Waals surface area (Å²) in [4.78, 5) is 0. The van der Waals surface area contributed by atoms with E-state index in [4.69, 9.17) is 9.15 Å². The Morgan fingerprint density at radius 2 is 0.933 bits per heavy atom. The lowest BCUT2D eigenvalue weighted by Gasteiger charge is -2.41. The third-order valence-electron chi connectivity index (χ3n) is 9.22. The molecule has 2 nitrogen and oxygen atoms in total. The van der Waals surface area contributed by atoms with Crippen molar-refractivity contribution in [2.75, 3.05) is 0 Å². The maximum Gasteiger partial charge on any atom is 0.135 e. The molecule has 0 bridgehead atoms. The quantitative estimate of drug-likeness (QED) is 0.208. The Balaban J connectivity index is 1.20. The van der Waals surface area contributed by atoms with E-state index in [1.54, 1.807) is 0 Å². The van der Waals surface area contributed by atoms with Crippen molar-refractivity contribution in [2.24, 2.45) is 0 Å². The average Bonchev–Trinajstić information content (AvgIpc) is 3.49. The molecule has 212 valence electrons. The Bertz CT molecular complexity index is 2310. The molecule has 0 N–H and O–H groups in total. The normalized spacial score (nSPS) is 13.2. The summed E-state index contributed by atoms with van der Waals surface area (Å²) in [6.45, 7) is 0. The van der Waals surface area contributed by atoms with Crippen LogP contribution >= 0.6 is 0 Å². The molecule has 0 aliphatic carbocycles. The number of para-hydroxylation sites is 2. The van der Waals surface area contributed by atoms with Crippen LogP contribution < -0.4 is 4.74 Å². The molecule has 1 aliphatic rings. The molecule has 0 saturated carbocycles. The Labute approximate surface area is 261 Å². The molecular weight excluding hydrogens is 548 g/mol. The second kappa shape index (κ2) is 10.1. The summed E-state index contributed by atoms with van der Waals surface area (Å²) in [5.41, 5.74) is 10.6. The topological polar surface area (TPSA) is 22.4 Å². The van der Waals surface area contributed by atoms with Crippen LogP contribution in [0.1, 0.15) is 22.3 Å². The third kappa shape index (κ3) is 3.96. The minimum atomic E-state index is -0.518. The molecule has 2 heteroatoms. The minimum absolute atomic E-state index is 0.518. The number of hydrogen-bond acceptors (Lipinski definition) is 2. The van der Waals surface area contributed by atoms with Crippen molar-refractivity contribution >= 4 is 21.9 Å². The maximum absolute atomic E-state index is 6.72. The summed E-state index contributed by atoms with van der Waals surface area (Å²) in [7, 11) is 0. The van der Waals surface area contributed by atoms with Gasteiger partial charge in [-0.25, -0.2) is 0 Å². The fraction of sp³-hybridized carbons (Fsp3) is 0.0233. The van der Waals surface area contributed by atoms with Crippen molar-refractivity contribution in [3.05, 3.63) is 192 Å². The van der Waals surface area contributed by atoms with Crippen molar-refractivity contribution in [2.45, 2.75) is 5.41 Å². The second-order valence-electron chi connectivity index (χ2n) is 11.7.